The molecule has 210 valence electrons. The molecule has 45 heavy (non-hydrogen) atoms. The Hall–Kier alpha value is -6.20. The summed E-state index contributed by atoms with van der Waals surface area (Å²) >= 11 is 0. The van der Waals surface area contributed by atoms with Crippen LogP contribution in [0, 0.1) is 0 Å². The first-order chi connectivity index (χ1) is 22.3. The minimum atomic E-state index is 0.788. The lowest BCUT2D eigenvalue weighted by Gasteiger charge is -2.12. The van der Waals surface area contributed by atoms with Crippen LogP contribution in [0.4, 0.5) is 0 Å². The molecule has 0 aliphatic heterocycles. The van der Waals surface area contributed by atoms with Crippen LogP contribution in [0.5, 0.6) is 0 Å². The Morgan fingerprint density at radius 1 is 0.422 bits per heavy atom. The molecule has 5 nitrogen and oxygen atoms in total. The summed E-state index contributed by atoms with van der Waals surface area (Å²) in [6, 6.07) is 46.4. The summed E-state index contributed by atoms with van der Waals surface area (Å²) in [6.45, 7) is 0. The summed E-state index contributed by atoms with van der Waals surface area (Å²) in [4.78, 5) is 19.3. The fourth-order valence-corrected chi connectivity index (χ4v) is 6.42. The fourth-order valence-electron chi connectivity index (χ4n) is 6.42. The molecule has 4 aromatic carbocycles. The molecule has 0 saturated heterocycles. The monoisotopic (exact) mass is 575 g/mol. The van der Waals surface area contributed by atoms with Crippen molar-refractivity contribution >= 4 is 43.4 Å². The van der Waals surface area contributed by atoms with Gasteiger partial charge in [0.15, 0.2) is 0 Å². The maximum absolute atomic E-state index is 5.20. The maximum atomic E-state index is 5.20. The van der Waals surface area contributed by atoms with E-state index in [1.165, 1.54) is 21.5 Å². The first kappa shape index (κ1) is 25.3. The van der Waals surface area contributed by atoms with Crippen LogP contribution in [0.1, 0.15) is 0 Å². The molecule has 5 heteroatoms. The van der Waals surface area contributed by atoms with Crippen molar-refractivity contribution in [2.24, 2.45) is 0 Å². The molecule has 0 bridgehead atoms. The summed E-state index contributed by atoms with van der Waals surface area (Å²) in [6.07, 6.45) is 5.56. The largest absolute Gasteiger partial charge is 0.294 e. The van der Waals surface area contributed by atoms with E-state index in [0.29, 0.717) is 0 Å². The van der Waals surface area contributed by atoms with Gasteiger partial charge in [0.25, 0.3) is 0 Å². The summed E-state index contributed by atoms with van der Waals surface area (Å²) in [7, 11) is 0. The van der Waals surface area contributed by atoms with Gasteiger partial charge in [0.2, 0.25) is 0 Å². The van der Waals surface area contributed by atoms with Crippen molar-refractivity contribution in [2.75, 3.05) is 0 Å². The molecule has 0 radical (unpaired) electrons. The van der Waals surface area contributed by atoms with E-state index in [9.17, 15) is 0 Å². The topological polar surface area (TPSA) is 56.5 Å². The summed E-state index contributed by atoms with van der Waals surface area (Å²) in [5.74, 6) is 0.828. The van der Waals surface area contributed by atoms with Gasteiger partial charge in [0.1, 0.15) is 5.82 Å². The molecule has 0 atom stereocenters. The smallest absolute Gasteiger partial charge is 0.138 e. The zero-order valence-corrected chi connectivity index (χ0v) is 24.2. The lowest BCUT2D eigenvalue weighted by Crippen LogP contribution is -2.00. The predicted molar refractivity (Wildman–Crippen MR) is 183 cm³/mol. The normalized spacial score (nSPS) is 11.6. The molecule has 0 aliphatic rings. The van der Waals surface area contributed by atoms with Crippen LogP contribution in [0.3, 0.4) is 0 Å². The quantitative estimate of drug-likeness (QED) is 0.196. The second-order valence-corrected chi connectivity index (χ2v) is 11.2. The molecule has 0 unspecified atom stereocenters. The second-order valence-electron chi connectivity index (χ2n) is 11.2. The van der Waals surface area contributed by atoms with Crippen molar-refractivity contribution in [3.8, 4) is 39.7 Å². The van der Waals surface area contributed by atoms with Crippen molar-refractivity contribution in [1.29, 1.82) is 0 Å². The Kier molecular flexibility index (Phi) is 5.74. The molecule has 5 heterocycles. The molecule has 0 N–H and O–H groups in total. The van der Waals surface area contributed by atoms with Crippen molar-refractivity contribution in [1.82, 2.24) is 24.5 Å². The highest BCUT2D eigenvalue weighted by Gasteiger charge is 2.15. The van der Waals surface area contributed by atoms with Crippen LogP contribution in [-0.4, -0.2) is 24.5 Å². The van der Waals surface area contributed by atoms with Crippen molar-refractivity contribution in [3.05, 3.63) is 152 Å². The number of rotatable bonds is 4. The van der Waals surface area contributed by atoms with E-state index in [0.717, 1.165) is 61.5 Å². The first-order valence-corrected chi connectivity index (χ1v) is 15.0. The Morgan fingerprint density at radius 3 is 2.09 bits per heavy atom. The zero-order chi connectivity index (χ0) is 29.7. The zero-order valence-electron chi connectivity index (χ0n) is 24.2. The van der Waals surface area contributed by atoms with Crippen LogP contribution in [0.15, 0.2) is 152 Å². The lowest BCUT2D eigenvalue weighted by atomic mass is 9.96. The Morgan fingerprint density at radius 2 is 1.18 bits per heavy atom. The van der Waals surface area contributed by atoms with Crippen LogP contribution in [-0.2, 0) is 0 Å². The number of benzene rings is 4. The third-order valence-corrected chi connectivity index (χ3v) is 8.53. The molecule has 0 fully saturated rings. The highest BCUT2D eigenvalue weighted by molar-refractivity contribution is 6.09. The van der Waals surface area contributed by atoms with Crippen LogP contribution in [0.25, 0.3) is 83.1 Å². The van der Waals surface area contributed by atoms with E-state index in [-0.39, 0.29) is 0 Å². The average Bonchev–Trinajstić information content (AvgIpc) is 3.46. The van der Waals surface area contributed by atoms with E-state index in [2.05, 4.69) is 112 Å². The number of hydrogen-bond donors (Lipinski definition) is 0. The minimum absolute atomic E-state index is 0.788. The average molecular weight is 576 g/mol. The van der Waals surface area contributed by atoms with Crippen LogP contribution >= 0.6 is 0 Å². The molecular weight excluding hydrogens is 550 g/mol. The molecule has 0 spiro atoms. The van der Waals surface area contributed by atoms with Gasteiger partial charge in [-0.15, -0.1) is 0 Å². The number of para-hydroxylation sites is 1. The van der Waals surface area contributed by atoms with E-state index in [1.807, 2.05) is 48.8 Å². The standard InChI is InChI=1S/C40H25N5/c1-2-9-30-26(8-1)15-16-28-22-27(17-18-31(28)30)29-23-36(34-11-5-6-20-42-34)43-37(24-29)35-12-7-14-40(44-35)45-38-13-4-3-10-32(38)33-25-41-21-19-39(33)45/h1-25H. The van der Waals surface area contributed by atoms with Gasteiger partial charge in [0, 0.05) is 29.4 Å². The second kappa shape index (κ2) is 10.2. The Labute approximate surface area is 259 Å². The highest BCUT2D eigenvalue weighted by Crippen LogP contribution is 2.34. The van der Waals surface area contributed by atoms with E-state index >= 15 is 0 Å². The minimum Gasteiger partial charge on any atom is -0.294 e. The van der Waals surface area contributed by atoms with Gasteiger partial charge >= 0.3 is 0 Å². The summed E-state index contributed by atoms with van der Waals surface area (Å²) < 4.78 is 2.20. The predicted octanol–water partition coefficient (Wildman–Crippen LogP) is 9.67. The van der Waals surface area contributed by atoms with Gasteiger partial charge < -0.3 is 0 Å². The molecule has 9 rings (SSSR count). The van der Waals surface area contributed by atoms with E-state index < -0.39 is 0 Å². The van der Waals surface area contributed by atoms with Gasteiger partial charge in [-0.25, -0.2) is 9.97 Å². The molecular formula is C40H25N5. The van der Waals surface area contributed by atoms with Gasteiger partial charge in [0.05, 0.1) is 33.8 Å². The number of fused-ring (bicyclic) bond motifs is 6. The highest BCUT2D eigenvalue weighted by atomic mass is 15.1. The van der Waals surface area contributed by atoms with Crippen molar-refractivity contribution < 1.29 is 0 Å². The molecule has 5 aromatic heterocycles. The van der Waals surface area contributed by atoms with Crippen molar-refractivity contribution in [2.45, 2.75) is 0 Å². The molecule has 0 saturated carbocycles. The van der Waals surface area contributed by atoms with Gasteiger partial charge in [-0.2, -0.15) is 0 Å². The first-order valence-electron chi connectivity index (χ1n) is 15.0. The lowest BCUT2D eigenvalue weighted by molar-refractivity contribution is 1.07. The van der Waals surface area contributed by atoms with Crippen LogP contribution < -0.4 is 0 Å². The van der Waals surface area contributed by atoms with Gasteiger partial charge in [-0.05, 0) is 87.3 Å². The molecule has 9 aromatic rings. The number of nitrogens with zero attached hydrogens (tertiary/aromatic N) is 5. The number of aromatic nitrogens is 5. The fraction of sp³-hybridized carbons (Fsp3) is 0. The summed E-state index contributed by atoms with van der Waals surface area (Å²) in [5.41, 5.74) is 7.53. The number of pyridine rings is 4. The number of hydrogen-bond acceptors (Lipinski definition) is 4. The van der Waals surface area contributed by atoms with Crippen LogP contribution in [0.2, 0.25) is 0 Å². The Bertz CT molecular complexity index is 2500. The molecule has 0 aliphatic carbocycles. The van der Waals surface area contributed by atoms with Gasteiger partial charge in [-0.1, -0.05) is 78.9 Å². The van der Waals surface area contributed by atoms with E-state index in [1.54, 1.807) is 6.20 Å². The third kappa shape index (κ3) is 4.25. The van der Waals surface area contributed by atoms with E-state index in [4.69, 9.17) is 9.97 Å². The summed E-state index contributed by atoms with van der Waals surface area (Å²) in [5, 5.41) is 7.19. The van der Waals surface area contributed by atoms with Crippen molar-refractivity contribution in [3.63, 3.8) is 0 Å². The molecule has 0 amide bonds. The van der Waals surface area contributed by atoms with Gasteiger partial charge in [-0.3, -0.25) is 14.5 Å². The SMILES string of the molecule is c1ccc(-c2cc(-c3ccc4c(ccc5ccccc54)c3)cc(-c3cccc(-n4c5ccccc5c5cnccc54)n3)n2)nc1. The Balaban J connectivity index is 1.23. The third-order valence-electron chi connectivity index (χ3n) is 8.53. The maximum Gasteiger partial charge on any atom is 0.138 e.